The quantitative estimate of drug-likeness (QED) is 0.909. The lowest BCUT2D eigenvalue weighted by molar-refractivity contribution is -0.146. The Kier molecular flexibility index (Phi) is 3.47. The van der Waals surface area contributed by atoms with Gasteiger partial charge in [0, 0.05) is 6.04 Å². The molecule has 0 bridgehead atoms. The van der Waals surface area contributed by atoms with Crippen molar-refractivity contribution in [2.45, 2.75) is 38.3 Å². The molecule has 1 heterocycles. The minimum absolute atomic E-state index is 0.0175. The molecular weight excluding hydrogens is 252 g/mol. The molecular formula is C16H20N2O2. The van der Waals surface area contributed by atoms with Gasteiger partial charge < -0.3 is 10.2 Å². The highest BCUT2D eigenvalue weighted by Gasteiger charge is 2.37. The predicted molar refractivity (Wildman–Crippen MR) is 75.8 cm³/mol. The van der Waals surface area contributed by atoms with Crippen LogP contribution >= 0.6 is 0 Å². The van der Waals surface area contributed by atoms with Gasteiger partial charge in [-0.2, -0.15) is 0 Å². The zero-order valence-corrected chi connectivity index (χ0v) is 11.7. The van der Waals surface area contributed by atoms with Crippen molar-refractivity contribution >= 4 is 11.8 Å². The summed E-state index contributed by atoms with van der Waals surface area (Å²) in [6.07, 6.45) is 3.54. The molecule has 1 saturated heterocycles. The van der Waals surface area contributed by atoms with Crippen LogP contribution in [0, 0.1) is 5.92 Å². The molecule has 1 aromatic carbocycles. The molecule has 2 aliphatic rings. The van der Waals surface area contributed by atoms with E-state index in [0.717, 1.165) is 17.9 Å². The smallest absolute Gasteiger partial charge is 0.250 e. The number of rotatable bonds is 4. The van der Waals surface area contributed by atoms with Crippen LogP contribution in [0.2, 0.25) is 0 Å². The monoisotopic (exact) mass is 272 g/mol. The molecule has 106 valence electrons. The van der Waals surface area contributed by atoms with E-state index in [9.17, 15) is 9.59 Å². The Balaban J connectivity index is 1.78. The minimum atomic E-state index is -0.529. The van der Waals surface area contributed by atoms with E-state index in [2.05, 4.69) is 12.2 Å². The third-order valence-electron chi connectivity index (χ3n) is 4.19. The highest BCUT2D eigenvalue weighted by Crippen LogP contribution is 2.35. The summed E-state index contributed by atoms with van der Waals surface area (Å²) in [7, 11) is 0. The summed E-state index contributed by atoms with van der Waals surface area (Å²) in [5, 5.41) is 2.81. The Labute approximate surface area is 119 Å². The molecule has 4 nitrogen and oxygen atoms in total. The number of carbonyl (C=O) groups is 2. The number of hydrogen-bond acceptors (Lipinski definition) is 2. The summed E-state index contributed by atoms with van der Waals surface area (Å²) in [5.41, 5.74) is 0.856. The summed E-state index contributed by atoms with van der Waals surface area (Å²) in [6.45, 7) is 2.24. The lowest BCUT2D eigenvalue weighted by Gasteiger charge is -2.36. The minimum Gasteiger partial charge on any atom is -0.339 e. The molecule has 20 heavy (non-hydrogen) atoms. The van der Waals surface area contributed by atoms with Gasteiger partial charge >= 0.3 is 0 Å². The number of nitrogens with zero attached hydrogens (tertiary/aromatic N) is 1. The van der Waals surface area contributed by atoms with Crippen molar-refractivity contribution in [2.75, 3.05) is 6.54 Å². The van der Waals surface area contributed by atoms with E-state index >= 15 is 0 Å². The fourth-order valence-corrected chi connectivity index (χ4v) is 2.87. The number of amides is 2. The van der Waals surface area contributed by atoms with Crippen molar-refractivity contribution in [1.82, 2.24) is 10.2 Å². The topological polar surface area (TPSA) is 49.4 Å². The third-order valence-corrected chi connectivity index (χ3v) is 4.19. The molecule has 2 atom stereocenters. The fourth-order valence-electron chi connectivity index (χ4n) is 2.87. The van der Waals surface area contributed by atoms with Crippen molar-refractivity contribution in [3.63, 3.8) is 0 Å². The molecule has 2 amide bonds. The van der Waals surface area contributed by atoms with Crippen LogP contribution in [0.25, 0.3) is 0 Å². The molecule has 2 unspecified atom stereocenters. The number of benzene rings is 1. The molecule has 0 radical (unpaired) electrons. The van der Waals surface area contributed by atoms with Crippen LogP contribution in [0.15, 0.2) is 30.3 Å². The molecule has 4 heteroatoms. The summed E-state index contributed by atoms with van der Waals surface area (Å²) in [4.78, 5) is 26.3. The van der Waals surface area contributed by atoms with Gasteiger partial charge in [0.1, 0.15) is 6.04 Å². The molecule has 3 rings (SSSR count). The molecule has 0 aromatic heterocycles. The van der Waals surface area contributed by atoms with Crippen LogP contribution in [0.1, 0.15) is 37.8 Å². The van der Waals surface area contributed by atoms with Crippen molar-refractivity contribution in [3.8, 4) is 0 Å². The first-order valence-corrected chi connectivity index (χ1v) is 7.30. The highest BCUT2D eigenvalue weighted by atomic mass is 16.2. The van der Waals surface area contributed by atoms with Gasteiger partial charge in [-0.05, 0) is 24.8 Å². The molecule has 1 saturated carbocycles. The van der Waals surface area contributed by atoms with Gasteiger partial charge in [0.05, 0.1) is 6.54 Å². The second-order valence-electron chi connectivity index (χ2n) is 5.91. The largest absolute Gasteiger partial charge is 0.339 e. The van der Waals surface area contributed by atoms with Gasteiger partial charge in [0.2, 0.25) is 5.91 Å². The molecule has 1 N–H and O–H groups in total. The number of nitrogens with one attached hydrogen (secondary N) is 1. The summed E-state index contributed by atoms with van der Waals surface area (Å²) < 4.78 is 0. The Morgan fingerprint density at radius 1 is 1.25 bits per heavy atom. The Hall–Kier alpha value is -1.84. The second kappa shape index (κ2) is 5.27. The number of hydrogen-bond donors (Lipinski definition) is 1. The first kappa shape index (κ1) is 13.2. The maximum Gasteiger partial charge on any atom is 0.250 e. The average molecular weight is 272 g/mol. The third kappa shape index (κ3) is 2.69. The lowest BCUT2D eigenvalue weighted by Crippen LogP contribution is -2.56. The van der Waals surface area contributed by atoms with E-state index in [1.54, 1.807) is 4.90 Å². The van der Waals surface area contributed by atoms with Gasteiger partial charge in [-0.1, -0.05) is 43.2 Å². The molecule has 0 spiro atoms. The second-order valence-corrected chi connectivity index (χ2v) is 5.91. The van der Waals surface area contributed by atoms with E-state index in [1.165, 1.54) is 12.8 Å². The van der Waals surface area contributed by atoms with Crippen molar-refractivity contribution in [3.05, 3.63) is 35.9 Å². The molecule has 1 aliphatic carbocycles. The highest BCUT2D eigenvalue weighted by molar-refractivity contribution is 5.95. The first-order valence-electron chi connectivity index (χ1n) is 7.30. The van der Waals surface area contributed by atoms with Gasteiger partial charge in [-0.25, -0.2) is 0 Å². The maximum absolute atomic E-state index is 12.6. The Bertz CT molecular complexity index is 510. The van der Waals surface area contributed by atoms with E-state index in [1.807, 2.05) is 30.3 Å². The number of piperazine rings is 1. The van der Waals surface area contributed by atoms with Gasteiger partial charge in [0.25, 0.3) is 5.91 Å². The zero-order chi connectivity index (χ0) is 14.1. The Morgan fingerprint density at radius 2 is 1.95 bits per heavy atom. The normalized spacial score (nSPS) is 24.4. The summed E-state index contributed by atoms with van der Waals surface area (Å²) in [5.74, 6) is 0.697. The van der Waals surface area contributed by atoms with Crippen LogP contribution in [0.4, 0.5) is 0 Å². The van der Waals surface area contributed by atoms with Crippen molar-refractivity contribution in [2.24, 2.45) is 5.92 Å². The van der Waals surface area contributed by atoms with Crippen LogP contribution < -0.4 is 5.32 Å². The van der Waals surface area contributed by atoms with E-state index in [0.29, 0.717) is 0 Å². The predicted octanol–water partition coefficient (Wildman–Crippen LogP) is 1.87. The van der Waals surface area contributed by atoms with Gasteiger partial charge in [-0.15, -0.1) is 0 Å². The molecule has 1 aromatic rings. The summed E-state index contributed by atoms with van der Waals surface area (Å²) in [6, 6.07) is 9.08. The van der Waals surface area contributed by atoms with E-state index in [4.69, 9.17) is 0 Å². The van der Waals surface area contributed by atoms with Crippen LogP contribution in [0.5, 0.6) is 0 Å². The SMILES string of the molecule is CC(CC1CC1)N1CC(=O)NC(c2ccccc2)C1=O. The first-order chi connectivity index (χ1) is 9.65. The maximum atomic E-state index is 12.6. The van der Waals surface area contributed by atoms with Crippen molar-refractivity contribution in [1.29, 1.82) is 0 Å². The van der Waals surface area contributed by atoms with Crippen LogP contribution in [0.3, 0.4) is 0 Å². The zero-order valence-electron chi connectivity index (χ0n) is 11.7. The van der Waals surface area contributed by atoms with Crippen molar-refractivity contribution < 1.29 is 9.59 Å². The van der Waals surface area contributed by atoms with Crippen LogP contribution in [-0.2, 0) is 9.59 Å². The molecule has 2 fully saturated rings. The standard InChI is InChI=1S/C16H20N2O2/c1-11(9-12-7-8-12)18-10-14(19)17-15(16(18)20)13-5-3-2-4-6-13/h2-6,11-12,15H,7-10H2,1H3,(H,17,19). The average Bonchev–Trinajstić information content (AvgIpc) is 3.26. The van der Waals surface area contributed by atoms with Crippen LogP contribution in [-0.4, -0.2) is 29.3 Å². The fraction of sp³-hybridized carbons (Fsp3) is 0.500. The Morgan fingerprint density at radius 3 is 2.60 bits per heavy atom. The van der Waals surface area contributed by atoms with Gasteiger partial charge in [0.15, 0.2) is 0 Å². The number of carbonyl (C=O) groups excluding carboxylic acids is 2. The van der Waals surface area contributed by atoms with Gasteiger partial charge in [-0.3, -0.25) is 9.59 Å². The molecule has 1 aliphatic heterocycles. The lowest BCUT2D eigenvalue weighted by atomic mass is 10.0. The van der Waals surface area contributed by atoms with E-state index in [-0.39, 0.29) is 24.4 Å². The van der Waals surface area contributed by atoms with E-state index < -0.39 is 6.04 Å². The summed E-state index contributed by atoms with van der Waals surface area (Å²) >= 11 is 0.